The zero-order valence-electron chi connectivity index (χ0n) is 15.9. The van der Waals surface area contributed by atoms with Crippen molar-refractivity contribution in [1.82, 2.24) is 5.32 Å². The third-order valence-corrected chi connectivity index (χ3v) is 3.89. The molecule has 1 N–H and O–H groups in total. The fraction of sp³-hybridized carbons (Fsp3) is 0.300. The van der Waals surface area contributed by atoms with Gasteiger partial charge in [0.2, 0.25) is 0 Å². The third-order valence-electron chi connectivity index (χ3n) is 3.89. The van der Waals surface area contributed by atoms with Gasteiger partial charge in [0.05, 0.1) is 27.8 Å². The normalized spacial score (nSPS) is 10.1. The topological polar surface area (TPSA) is 83.1 Å². The second-order valence-corrected chi connectivity index (χ2v) is 5.76. The van der Waals surface area contributed by atoms with E-state index in [1.165, 1.54) is 45.6 Å². The summed E-state index contributed by atoms with van der Waals surface area (Å²) in [5, 5.41) is 2.65. The molecule has 0 aliphatic heterocycles. The molecule has 7 nitrogen and oxygen atoms in total. The van der Waals surface area contributed by atoms with Crippen LogP contribution in [0.5, 0.6) is 17.2 Å². The van der Waals surface area contributed by atoms with Crippen LogP contribution in [-0.4, -0.2) is 39.8 Å². The lowest BCUT2D eigenvalue weighted by Crippen LogP contribution is -2.28. The SMILES string of the molecule is COc1cc(OC)c(OC)cc1CNC(=O)COC(=O)Cc1ccc(F)cc1. The number of hydrogen-bond donors (Lipinski definition) is 1. The number of amides is 1. The summed E-state index contributed by atoms with van der Waals surface area (Å²) >= 11 is 0. The van der Waals surface area contributed by atoms with Gasteiger partial charge >= 0.3 is 5.97 Å². The van der Waals surface area contributed by atoms with Gasteiger partial charge in [-0.1, -0.05) is 12.1 Å². The second kappa shape index (κ2) is 10.1. The number of ether oxygens (including phenoxy) is 4. The summed E-state index contributed by atoms with van der Waals surface area (Å²) in [4.78, 5) is 23.7. The maximum absolute atomic E-state index is 12.9. The average Bonchev–Trinajstić information content (AvgIpc) is 2.71. The lowest BCUT2D eigenvalue weighted by molar-refractivity contribution is -0.147. The molecule has 0 atom stereocenters. The molecular formula is C20H22FNO6. The third kappa shape index (κ3) is 5.87. The number of rotatable bonds is 9. The Morgan fingerprint density at radius 2 is 1.54 bits per heavy atom. The minimum Gasteiger partial charge on any atom is -0.496 e. The van der Waals surface area contributed by atoms with E-state index in [4.69, 9.17) is 18.9 Å². The number of methoxy groups -OCH3 is 3. The van der Waals surface area contributed by atoms with Gasteiger partial charge in [0.15, 0.2) is 18.1 Å². The molecule has 0 spiro atoms. The van der Waals surface area contributed by atoms with Crippen LogP contribution in [0, 0.1) is 5.82 Å². The summed E-state index contributed by atoms with van der Waals surface area (Å²) in [5.74, 6) is 0.0884. The number of esters is 1. The molecular weight excluding hydrogens is 369 g/mol. The first kappa shape index (κ1) is 21.0. The lowest BCUT2D eigenvalue weighted by Gasteiger charge is -2.14. The van der Waals surface area contributed by atoms with E-state index in [-0.39, 0.29) is 18.8 Å². The van der Waals surface area contributed by atoms with Crippen molar-refractivity contribution >= 4 is 11.9 Å². The Bertz CT molecular complexity index is 822. The standard InChI is InChI=1S/C20H22FNO6/c1-25-16-10-18(27-3)17(26-2)9-14(16)11-22-19(23)12-28-20(24)8-13-4-6-15(21)7-5-13/h4-7,9-10H,8,11-12H2,1-3H3,(H,22,23). The largest absolute Gasteiger partial charge is 0.496 e. The van der Waals surface area contributed by atoms with Gasteiger partial charge in [-0.15, -0.1) is 0 Å². The van der Waals surface area contributed by atoms with E-state index in [1.54, 1.807) is 12.1 Å². The Hall–Kier alpha value is -3.29. The molecule has 150 valence electrons. The first-order chi connectivity index (χ1) is 13.5. The van der Waals surface area contributed by atoms with Crippen LogP contribution in [0.3, 0.4) is 0 Å². The molecule has 1 amide bonds. The highest BCUT2D eigenvalue weighted by atomic mass is 19.1. The average molecular weight is 391 g/mol. The van der Waals surface area contributed by atoms with Crippen LogP contribution in [0.1, 0.15) is 11.1 Å². The van der Waals surface area contributed by atoms with Crippen LogP contribution in [-0.2, 0) is 27.3 Å². The molecule has 2 aromatic rings. The van der Waals surface area contributed by atoms with Gasteiger partial charge in [-0.25, -0.2) is 4.39 Å². The minimum atomic E-state index is -0.578. The van der Waals surface area contributed by atoms with Crippen molar-refractivity contribution in [2.75, 3.05) is 27.9 Å². The van der Waals surface area contributed by atoms with Crippen LogP contribution < -0.4 is 19.5 Å². The highest BCUT2D eigenvalue weighted by Crippen LogP contribution is 2.34. The molecule has 0 radical (unpaired) electrons. The summed E-state index contributed by atoms with van der Waals surface area (Å²) in [6, 6.07) is 8.83. The van der Waals surface area contributed by atoms with Crippen LogP contribution in [0.25, 0.3) is 0 Å². The van der Waals surface area contributed by atoms with Crippen molar-refractivity contribution in [1.29, 1.82) is 0 Å². The van der Waals surface area contributed by atoms with Gasteiger partial charge in [-0.05, 0) is 23.8 Å². The molecule has 0 bridgehead atoms. The molecule has 0 aliphatic rings. The van der Waals surface area contributed by atoms with Crippen LogP contribution in [0.2, 0.25) is 0 Å². The minimum absolute atomic E-state index is 0.0446. The maximum atomic E-state index is 12.9. The maximum Gasteiger partial charge on any atom is 0.310 e. The summed E-state index contributed by atoms with van der Waals surface area (Å²) in [7, 11) is 4.52. The zero-order chi connectivity index (χ0) is 20.5. The van der Waals surface area contributed by atoms with Gasteiger partial charge in [0.25, 0.3) is 5.91 Å². The van der Waals surface area contributed by atoms with Gasteiger partial charge in [0, 0.05) is 18.2 Å². The van der Waals surface area contributed by atoms with Crippen molar-refractivity contribution in [2.24, 2.45) is 0 Å². The number of halogens is 1. The van der Waals surface area contributed by atoms with Gasteiger partial charge in [-0.2, -0.15) is 0 Å². The van der Waals surface area contributed by atoms with E-state index in [0.717, 1.165) is 0 Å². The van der Waals surface area contributed by atoms with Gasteiger partial charge in [0.1, 0.15) is 11.6 Å². The van der Waals surface area contributed by atoms with Crippen LogP contribution >= 0.6 is 0 Å². The number of benzene rings is 2. The zero-order valence-corrected chi connectivity index (χ0v) is 15.9. The molecule has 8 heteroatoms. The van der Waals surface area contributed by atoms with E-state index < -0.39 is 18.5 Å². The molecule has 0 heterocycles. The van der Waals surface area contributed by atoms with Crippen molar-refractivity contribution in [2.45, 2.75) is 13.0 Å². The summed E-state index contributed by atoms with van der Waals surface area (Å²) < 4.78 is 33.5. The van der Waals surface area contributed by atoms with Gasteiger partial charge < -0.3 is 24.3 Å². The molecule has 2 rings (SSSR count). The molecule has 0 aliphatic carbocycles. The van der Waals surface area contributed by atoms with E-state index >= 15 is 0 Å². The smallest absolute Gasteiger partial charge is 0.310 e. The summed E-state index contributed by atoms with van der Waals surface area (Å²) in [5.41, 5.74) is 1.27. The van der Waals surface area contributed by atoms with Crippen molar-refractivity contribution < 1.29 is 32.9 Å². The highest BCUT2D eigenvalue weighted by molar-refractivity contribution is 5.81. The predicted octanol–water partition coefficient (Wildman–Crippen LogP) is 2.25. The number of hydrogen-bond acceptors (Lipinski definition) is 6. The molecule has 0 fully saturated rings. The highest BCUT2D eigenvalue weighted by Gasteiger charge is 2.14. The Morgan fingerprint density at radius 3 is 2.14 bits per heavy atom. The molecule has 0 saturated carbocycles. The van der Waals surface area contributed by atoms with E-state index in [0.29, 0.717) is 28.4 Å². The Balaban J connectivity index is 1.86. The lowest BCUT2D eigenvalue weighted by atomic mass is 10.1. The quantitative estimate of drug-likeness (QED) is 0.661. The first-order valence-electron chi connectivity index (χ1n) is 8.42. The predicted molar refractivity (Wildman–Crippen MR) is 99.0 cm³/mol. The fourth-order valence-corrected chi connectivity index (χ4v) is 2.44. The van der Waals surface area contributed by atoms with E-state index in [9.17, 15) is 14.0 Å². The van der Waals surface area contributed by atoms with Gasteiger partial charge in [-0.3, -0.25) is 9.59 Å². The van der Waals surface area contributed by atoms with Crippen LogP contribution in [0.4, 0.5) is 4.39 Å². The fourth-order valence-electron chi connectivity index (χ4n) is 2.44. The number of carbonyl (C=O) groups excluding carboxylic acids is 2. The van der Waals surface area contributed by atoms with Crippen LogP contribution in [0.15, 0.2) is 36.4 Å². The number of carbonyl (C=O) groups is 2. The Morgan fingerprint density at radius 1 is 0.929 bits per heavy atom. The molecule has 0 unspecified atom stereocenters. The number of nitrogens with one attached hydrogen (secondary N) is 1. The van der Waals surface area contributed by atoms with Crippen molar-refractivity contribution in [3.8, 4) is 17.2 Å². The summed E-state index contributed by atoms with van der Waals surface area (Å²) in [6.45, 7) is -0.270. The Kier molecular flexibility index (Phi) is 7.62. The first-order valence-corrected chi connectivity index (χ1v) is 8.42. The summed E-state index contributed by atoms with van der Waals surface area (Å²) in [6.07, 6.45) is -0.0446. The van der Waals surface area contributed by atoms with E-state index in [1.807, 2.05) is 0 Å². The second-order valence-electron chi connectivity index (χ2n) is 5.76. The van der Waals surface area contributed by atoms with Crippen molar-refractivity contribution in [3.05, 3.63) is 53.3 Å². The monoisotopic (exact) mass is 391 g/mol. The van der Waals surface area contributed by atoms with Crippen molar-refractivity contribution in [3.63, 3.8) is 0 Å². The molecule has 2 aromatic carbocycles. The Labute approximate surface area is 162 Å². The molecule has 0 aromatic heterocycles. The molecule has 28 heavy (non-hydrogen) atoms. The molecule has 0 saturated heterocycles. The van der Waals surface area contributed by atoms with E-state index in [2.05, 4.69) is 5.32 Å².